The quantitative estimate of drug-likeness (QED) is 0.842. The maximum atomic E-state index is 10.2. The number of thiophene rings is 1. The first-order chi connectivity index (χ1) is 8.63. The molecule has 1 aliphatic rings. The Bertz CT molecular complexity index is 379. The van der Waals surface area contributed by atoms with Crippen LogP contribution in [0.15, 0.2) is 10.8 Å². The third-order valence-electron chi connectivity index (χ3n) is 1.96. The summed E-state index contributed by atoms with van der Waals surface area (Å²) in [5, 5.41) is 12.0. The molecule has 0 saturated carbocycles. The fourth-order valence-corrected chi connectivity index (χ4v) is 1.78. The van der Waals surface area contributed by atoms with E-state index in [4.69, 9.17) is 14.6 Å². The molecule has 0 aliphatic carbocycles. The molecule has 100 valence electrons. The number of rotatable bonds is 3. The molecule has 2 heterocycles. The second-order valence-corrected chi connectivity index (χ2v) is 4.01. The molecular weight excluding hydrogens is 260 g/mol. The summed E-state index contributed by atoms with van der Waals surface area (Å²) in [6, 6.07) is 0. The number of hydrogen-bond donors (Lipinski definition) is 1. The predicted octanol–water partition coefficient (Wildman–Crippen LogP) is 1.54. The molecule has 7 heteroatoms. The highest BCUT2D eigenvalue weighted by Crippen LogP contribution is 2.33. The molecule has 0 unspecified atom stereocenters. The topological polar surface area (TPSA) is 82.1 Å². The van der Waals surface area contributed by atoms with Crippen LogP contribution in [0.4, 0.5) is 0 Å². The van der Waals surface area contributed by atoms with E-state index in [1.54, 1.807) is 11.3 Å². The molecule has 1 aromatic rings. The van der Waals surface area contributed by atoms with Crippen molar-refractivity contribution in [3.8, 4) is 11.5 Å². The maximum Gasteiger partial charge on any atom is 0.306 e. The van der Waals surface area contributed by atoms with E-state index in [9.17, 15) is 9.59 Å². The zero-order valence-corrected chi connectivity index (χ0v) is 10.7. The minimum atomic E-state index is -0.986. The van der Waals surface area contributed by atoms with Gasteiger partial charge in [0, 0.05) is 10.8 Å². The van der Waals surface area contributed by atoms with E-state index >= 15 is 0 Å². The van der Waals surface area contributed by atoms with Crippen LogP contribution >= 0.6 is 11.3 Å². The molecule has 18 heavy (non-hydrogen) atoms. The van der Waals surface area contributed by atoms with Crippen LogP contribution in [0.2, 0.25) is 0 Å². The number of hydrogen-bond acceptors (Lipinski definition) is 6. The molecule has 1 N–H and O–H groups in total. The molecule has 0 atom stereocenters. The molecule has 1 aromatic heterocycles. The zero-order chi connectivity index (χ0) is 13.4. The van der Waals surface area contributed by atoms with E-state index in [1.807, 2.05) is 10.8 Å². The van der Waals surface area contributed by atoms with Crippen molar-refractivity contribution in [3.05, 3.63) is 10.8 Å². The van der Waals surface area contributed by atoms with Crippen molar-refractivity contribution in [3.63, 3.8) is 0 Å². The second kappa shape index (κ2) is 7.54. The van der Waals surface area contributed by atoms with Gasteiger partial charge < -0.3 is 19.3 Å². The number of carbonyl (C=O) groups is 2. The fraction of sp³-hybridized carbons (Fsp3) is 0.455. The average molecular weight is 274 g/mol. The van der Waals surface area contributed by atoms with E-state index in [1.165, 1.54) is 7.11 Å². The lowest BCUT2D eigenvalue weighted by Crippen LogP contribution is -2.13. The molecule has 0 amide bonds. The van der Waals surface area contributed by atoms with Gasteiger partial charge in [0.2, 0.25) is 0 Å². The maximum absolute atomic E-state index is 10.2. The SMILES string of the molecule is COC(=O)CCC(=O)O.c1scc2c1OCCO2. The lowest BCUT2D eigenvalue weighted by molar-refractivity contribution is -0.145. The molecule has 0 spiro atoms. The largest absolute Gasteiger partial charge is 0.485 e. The summed E-state index contributed by atoms with van der Waals surface area (Å²) in [6.45, 7) is 1.37. The molecule has 6 nitrogen and oxygen atoms in total. The van der Waals surface area contributed by atoms with Crippen molar-refractivity contribution >= 4 is 23.3 Å². The van der Waals surface area contributed by atoms with Crippen LogP contribution in [0.3, 0.4) is 0 Å². The van der Waals surface area contributed by atoms with Crippen LogP contribution in [0.1, 0.15) is 12.8 Å². The highest BCUT2D eigenvalue weighted by Gasteiger charge is 2.10. The van der Waals surface area contributed by atoms with E-state index in [-0.39, 0.29) is 12.8 Å². The Morgan fingerprint density at radius 1 is 1.28 bits per heavy atom. The van der Waals surface area contributed by atoms with Crippen LogP contribution in [-0.4, -0.2) is 37.4 Å². The Morgan fingerprint density at radius 2 is 1.83 bits per heavy atom. The monoisotopic (exact) mass is 274 g/mol. The van der Waals surface area contributed by atoms with E-state index in [0.717, 1.165) is 11.5 Å². The molecule has 2 rings (SSSR count). The fourth-order valence-electron chi connectivity index (χ4n) is 1.10. The van der Waals surface area contributed by atoms with Crippen molar-refractivity contribution in [1.29, 1.82) is 0 Å². The third kappa shape index (κ3) is 5.05. The first kappa shape index (κ1) is 14.3. The summed E-state index contributed by atoms with van der Waals surface area (Å²) in [5.41, 5.74) is 0. The molecule has 1 aliphatic heterocycles. The van der Waals surface area contributed by atoms with Gasteiger partial charge in [0.05, 0.1) is 20.0 Å². The van der Waals surface area contributed by atoms with Crippen LogP contribution < -0.4 is 9.47 Å². The minimum Gasteiger partial charge on any atom is -0.485 e. The summed E-state index contributed by atoms with van der Waals surface area (Å²) < 4.78 is 14.7. The number of fused-ring (bicyclic) bond motifs is 1. The molecule has 0 bridgehead atoms. The standard InChI is InChI=1S/C6H6O2S.C5H8O4/c1-2-8-6-4-9-3-5(6)7-1;1-9-5(8)3-2-4(6)7/h3-4H,1-2H2;2-3H2,1H3,(H,6,7). The Balaban J connectivity index is 0.000000180. The number of carbonyl (C=O) groups excluding carboxylic acids is 1. The predicted molar refractivity (Wildman–Crippen MR) is 64.2 cm³/mol. The molecular formula is C11H14O6S. The Kier molecular flexibility index (Phi) is 5.99. The molecule has 0 saturated heterocycles. The van der Waals surface area contributed by atoms with E-state index in [0.29, 0.717) is 13.2 Å². The summed E-state index contributed by atoms with van der Waals surface area (Å²) >= 11 is 1.61. The lowest BCUT2D eigenvalue weighted by atomic mass is 10.3. The van der Waals surface area contributed by atoms with Gasteiger partial charge in [0.15, 0.2) is 11.5 Å². The van der Waals surface area contributed by atoms with Crippen LogP contribution in [0.5, 0.6) is 11.5 Å². The van der Waals surface area contributed by atoms with Gasteiger partial charge in [0.1, 0.15) is 13.2 Å². The molecule has 0 fully saturated rings. The van der Waals surface area contributed by atoms with Crippen molar-refractivity contribution in [2.75, 3.05) is 20.3 Å². The van der Waals surface area contributed by atoms with Crippen molar-refractivity contribution in [1.82, 2.24) is 0 Å². The Labute approximate surface area is 108 Å². The van der Waals surface area contributed by atoms with Gasteiger partial charge in [0.25, 0.3) is 0 Å². The Hall–Kier alpha value is -1.76. The molecule has 0 radical (unpaired) electrons. The number of carboxylic acids is 1. The minimum absolute atomic E-state index is 0.0498. The van der Waals surface area contributed by atoms with E-state index in [2.05, 4.69) is 4.74 Å². The van der Waals surface area contributed by atoms with Gasteiger partial charge in [-0.1, -0.05) is 0 Å². The van der Waals surface area contributed by atoms with Gasteiger partial charge in [-0.2, -0.15) is 0 Å². The highest BCUT2D eigenvalue weighted by atomic mass is 32.1. The van der Waals surface area contributed by atoms with Crippen LogP contribution in [0, 0.1) is 0 Å². The van der Waals surface area contributed by atoms with Gasteiger partial charge in [-0.3, -0.25) is 9.59 Å². The summed E-state index contributed by atoms with van der Waals surface area (Å²) in [5.74, 6) is 0.315. The first-order valence-corrected chi connectivity index (χ1v) is 6.18. The van der Waals surface area contributed by atoms with Gasteiger partial charge in [-0.15, -0.1) is 11.3 Å². The van der Waals surface area contributed by atoms with Crippen molar-refractivity contribution in [2.24, 2.45) is 0 Å². The smallest absolute Gasteiger partial charge is 0.306 e. The number of carboxylic acid groups (broad SMARTS) is 1. The van der Waals surface area contributed by atoms with Gasteiger partial charge >= 0.3 is 11.9 Å². The molecule has 0 aromatic carbocycles. The van der Waals surface area contributed by atoms with Crippen molar-refractivity contribution < 1.29 is 28.9 Å². The summed E-state index contributed by atoms with van der Waals surface area (Å²) in [4.78, 5) is 20.0. The zero-order valence-electron chi connectivity index (χ0n) is 9.88. The van der Waals surface area contributed by atoms with Crippen LogP contribution in [0.25, 0.3) is 0 Å². The number of ether oxygens (including phenoxy) is 3. The van der Waals surface area contributed by atoms with E-state index < -0.39 is 11.9 Å². The summed E-state index contributed by atoms with van der Waals surface area (Å²) in [7, 11) is 1.23. The number of esters is 1. The average Bonchev–Trinajstić information content (AvgIpc) is 2.84. The normalized spacial score (nSPS) is 12.1. The van der Waals surface area contributed by atoms with Gasteiger partial charge in [-0.25, -0.2) is 0 Å². The Morgan fingerprint density at radius 3 is 2.28 bits per heavy atom. The second-order valence-electron chi connectivity index (χ2n) is 3.27. The van der Waals surface area contributed by atoms with Crippen LogP contribution in [-0.2, 0) is 14.3 Å². The number of methoxy groups -OCH3 is 1. The summed E-state index contributed by atoms with van der Waals surface area (Å²) in [6.07, 6.45) is -0.210. The highest BCUT2D eigenvalue weighted by molar-refractivity contribution is 7.08. The number of aliphatic carboxylic acids is 1. The lowest BCUT2D eigenvalue weighted by Gasteiger charge is -2.13. The third-order valence-corrected chi connectivity index (χ3v) is 2.66. The first-order valence-electron chi connectivity index (χ1n) is 5.24. The van der Waals surface area contributed by atoms with Crippen molar-refractivity contribution in [2.45, 2.75) is 12.8 Å². The van der Waals surface area contributed by atoms with Gasteiger partial charge in [-0.05, 0) is 0 Å².